The number of hydrogen-bond donors (Lipinski definition) is 1. The van der Waals surface area contributed by atoms with Crippen molar-refractivity contribution >= 4 is 38.1 Å². The lowest BCUT2D eigenvalue weighted by Gasteiger charge is -2.07. The van der Waals surface area contributed by atoms with E-state index in [4.69, 9.17) is 5.73 Å². The molecule has 0 amide bonds. The molecule has 0 aliphatic heterocycles. The Morgan fingerprint density at radius 2 is 2.05 bits per heavy atom. The first-order valence-corrected chi connectivity index (χ1v) is 7.86. The van der Waals surface area contributed by atoms with E-state index in [0.717, 1.165) is 10.5 Å². The number of halogens is 2. The largest absolute Gasteiger partial charge is 0.398 e. The summed E-state index contributed by atoms with van der Waals surface area (Å²) in [7, 11) is -1.59. The van der Waals surface area contributed by atoms with Gasteiger partial charge in [0.2, 0.25) is 5.82 Å². The van der Waals surface area contributed by atoms with Crippen LogP contribution in [0.3, 0.4) is 0 Å². The van der Waals surface area contributed by atoms with Gasteiger partial charge in [-0.2, -0.15) is 4.39 Å². The number of benzene rings is 2. The minimum absolute atomic E-state index is 0.0184. The number of hydrogen-bond acceptors (Lipinski definition) is 4. The van der Waals surface area contributed by atoms with Crippen molar-refractivity contribution in [2.75, 3.05) is 5.73 Å². The highest BCUT2D eigenvalue weighted by Crippen LogP contribution is 2.26. The van der Waals surface area contributed by atoms with Crippen molar-refractivity contribution < 1.29 is 13.5 Å². The molecule has 0 bridgehead atoms. The van der Waals surface area contributed by atoms with Gasteiger partial charge < -0.3 is 5.73 Å². The molecule has 1 unspecified atom stereocenters. The topological polar surface area (TPSA) is 86.2 Å². The van der Waals surface area contributed by atoms with Gasteiger partial charge in [-0.25, -0.2) is 0 Å². The highest BCUT2D eigenvalue weighted by Gasteiger charge is 2.19. The normalized spacial score (nSPS) is 12.1. The second-order valence-corrected chi connectivity index (χ2v) is 6.51. The molecule has 0 heterocycles. The van der Waals surface area contributed by atoms with E-state index < -0.39 is 27.2 Å². The molecule has 1 atom stereocenters. The lowest BCUT2D eigenvalue weighted by atomic mass is 10.2. The van der Waals surface area contributed by atoms with Crippen LogP contribution in [0.4, 0.5) is 15.8 Å². The van der Waals surface area contributed by atoms with E-state index in [-0.39, 0.29) is 11.3 Å². The van der Waals surface area contributed by atoms with Crippen molar-refractivity contribution in [3.63, 3.8) is 0 Å². The average Bonchev–Trinajstić information content (AvgIpc) is 2.40. The van der Waals surface area contributed by atoms with E-state index in [0.29, 0.717) is 10.6 Å². The fraction of sp³-hybridized carbons (Fsp3) is 0.0769. The molecule has 2 aromatic carbocycles. The molecule has 0 saturated carbocycles. The Labute approximate surface area is 130 Å². The van der Waals surface area contributed by atoms with Crippen LogP contribution in [0.5, 0.6) is 0 Å². The summed E-state index contributed by atoms with van der Waals surface area (Å²) in [6.07, 6.45) is 0. The van der Waals surface area contributed by atoms with Crippen molar-refractivity contribution in [3.8, 4) is 0 Å². The van der Waals surface area contributed by atoms with Crippen LogP contribution in [0.1, 0.15) is 5.56 Å². The van der Waals surface area contributed by atoms with Gasteiger partial charge in [-0.1, -0.05) is 28.1 Å². The van der Waals surface area contributed by atoms with Crippen LogP contribution in [-0.4, -0.2) is 9.13 Å². The van der Waals surface area contributed by atoms with Gasteiger partial charge in [0, 0.05) is 21.8 Å². The van der Waals surface area contributed by atoms with E-state index in [1.807, 2.05) is 0 Å². The first-order chi connectivity index (χ1) is 9.90. The molecule has 0 aliphatic rings. The van der Waals surface area contributed by atoms with Crippen molar-refractivity contribution in [3.05, 3.63) is 62.4 Å². The van der Waals surface area contributed by atoms with Crippen molar-refractivity contribution in [2.24, 2.45) is 0 Å². The second kappa shape index (κ2) is 6.31. The summed E-state index contributed by atoms with van der Waals surface area (Å²) in [5, 5.41) is 10.7. The van der Waals surface area contributed by atoms with Crippen LogP contribution in [0, 0.1) is 15.9 Å². The molecule has 0 aliphatic carbocycles. The fourth-order valence-corrected chi connectivity index (χ4v) is 3.35. The zero-order valence-corrected chi connectivity index (χ0v) is 13.0. The maximum Gasteiger partial charge on any atom is 0.305 e. The number of anilines is 1. The summed E-state index contributed by atoms with van der Waals surface area (Å²) >= 11 is 3.24. The maximum absolute atomic E-state index is 13.9. The van der Waals surface area contributed by atoms with Gasteiger partial charge in [0.25, 0.3) is 0 Å². The zero-order valence-electron chi connectivity index (χ0n) is 10.6. The predicted octanol–water partition coefficient (Wildman–Crippen LogP) is 3.39. The lowest BCUT2D eigenvalue weighted by Crippen LogP contribution is -2.04. The molecule has 0 saturated heterocycles. The average molecular weight is 373 g/mol. The Balaban J connectivity index is 2.32. The SMILES string of the molecule is Nc1cc(Br)ccc1S(=O)Cc1cccc([N+](=O)[O-])c1F. The molecule has 0 spiro atoms. The highest BCUT2D eigenvalue weighted by atomic mass is 79.9. The van der Waals surface area contributed by atoms with E-state index >= 15 is 0 Å². The molecule has 2 N–H and O–H groups in total. The van der Waals surface area contributed by atoms with Crippen LogP contribution in [0.15, 0.2) is 45.8 Å². The first-order valence-electron chi connectivity index (χ1n) is 5.75. The zero-order chi connectivity index (χ0) is 15.6. The summed E-state index contributed by atoms with van der Waals surface area (Å²) in [4.78, 5) is 10.2. The molecular formula is C13H10BrFN2O3S. The van der Waals surface area contributed by atoms with E-state index in [9.17, 15) is 18.7 Å². The Morgan fingerprint density at radius 3 is 2.67 bits per heavy atom. The number of nitro groups is 1. The van der Waals surface area contributed by atoms with E-state index in [2.05, 4.69) is 15.9 Å². The molecule has 0 radical (unpaired) electrons. The standard InChI is InChI=1S/C13H10BrFN2O3S/c14-9-4-5-12(10(16)6-9)21(20)7-8-2-1-3-11(13(8)15)17(18)19/h1-6H,7,16H2. The molecular weight excluding hydrogens is 363 g/mol. The number of nitrogen functional groups attached to an aromatic ring is 1. The van der Waals surface area contributed by atoms with Gasteiger partial charge in [0.1, 0.15) is 0 Å². The predicted molar refractivity (Wildman–Crippen MR) is 81.7 cm³/mol. The van der Waals surface area contributed by atoms with Crippen LogP contribution < -0.4 is 5.73 Å². The van der Waals surface area contributed by atoms with Gasteiger partial charge in [-0.05, 0) is 18.2 Å². The van der Waals surface area contributed by atoms with Crippen molar-refractivity contribution in [1.82, 2.24) is 0 Å². The van der Waals surface area contributed by atoms with Gasteiger partial charge in [0.05, 0.1) is 26.4 Å². The Bertz CT molecular complexity index is 739. The number of rotatable bonds is 4. The monoisotopic (exact) mass is 372 g/mol. The number of nitrogens with two attached hydrogens (primary N) is 1. The van der Waals surface area contributed by atoms with E-state index in [1.165, 1.54) is 12.1 Å². The Morgan fingerprint density at radius 1 is 1.33 bits per heavy atom. The van der Waals surface area contributed by atoms with Crippen molar-refractivity contribution in [1.29, 1.82) is 0 Å². The fourth-order valence-electron chi connectivity index (χ4n) is 1.76. The molecule has 21 heavy (non-hydrogen) atoms. The van der Waals surface area contributed by atoms with E-state index in [1.54, 1.807) is 18.2 Å². The second-order valence-electron chi connectivity index (χ2n) is 4.18. The first kappa shape index (κ1) is 15.6. The van der Waals surface area contributed by atoms with Crippen LogP contribution in [0.25, 0.3) is 0 Å². The highest BCUT2D eigenvalue weighted by molar-refractivity contribution is 9.10. The molecule has 2 rings (SSSR count). The number of nitro benzene ring substituents is 1. The van der Waals surface area contributed by atoms with Crippen LogP contribution >= 0.6 is 15.9 Å². The summed E-state index contributed by atoms with van der Waals surface area (Å²) in [5.74, 6) is -1.15. The molecule has 2 aromatic rings. The van der Waals surface area contributed by atoms with Crippen molar-refractivity contribution in [2.45, 2.75) is 10.6 Å². The summed E-state index contributed by atoms with van der Waals surface area (Å²) in [6, 6.07) is 8.64. The third-order valence-electron chi connectivity index (χ3n) is 2.76. The van der Waals surface area contributed by atoms with Gasteiger partial charge in [-0.3, -0.25) is 14.3 Å². The summed E-state index contributed by atoms with van der Waals surface area (Å²) in [6.45, 7) is 0. The summed E-state index contributed by atoms with van der Waals surface area (Å²) in [5.41, 5.74) is 5.47. The molecule has 0 aromatic heterocycles. The van der Waals surface area contributed by atoms with Gasteiger partial charge in [-0.15, -0.1) is 0 Å². The van der Waals surface area contributed by atoms with Crippen LogP contribution in [-0.2, 0) is 16.6 Å². The maximum atomic E-state index is 13.9. The molecule has 0 fully saturated rings. The number of nitrogens with zero attached hydrogens (tertiary/aromatic N) is 1. The van der Waals surface area contributed by atoms with Gasteiger partial charge >= 0.3 is 5.69 Å². The Kier molecular flexibility index (Phi) is 4.69. The smallest absolute Gasteiger partial charge is 0.305 e. The quantitative estimate of drug-likeness (QED) is 0.506. The minimum Gasteiger partial charge on any atom is -0.398 e. The molecule has 110 valence electrons. The molecule has 8 heteroatoms. The summed E-state index contributed by atoms with van der Waals surface area (Å²) < 4.78 is 26.9. The van der Waals surface area contributed by atoms with Gasteiger partial charge in [0.15, 0.2) is 0 Å². The lowest BCUT2D eigenvalue weighted by molar-refractivity contribution is -0.387. The third kappa shape index (κ3) is 3.45. The Hall–Kier alpha value is -1.80. The van der Waals surface area contributed by atoms with Crippen LogP contribution in [0.2, 0.25) is 0 Å². The minimum atomic E-state index is -1.59. The molecule has 5 nitrogen and oxygen atoms in total. The third-order valence-corrected chi connectivity index (χ3v) is 4.69.